The SMILES string of the molecule is COC(=O)C1=C(N)Oc2cc(C)n(Cc3cccnc3)c(=O)c2[C@H]1c1ccccc1OC. The summed E-state index contributed by atoms with van der Waals surface area (Å²) in [5, 5.41) is 0. The zero-order valence-electron chi connectivity index (χ0n) is 18.0. The Hall–Kier alpha value is -4.07. The Balaban J connectivity index is 1.98. The van der Waals surface area contributed by atoms with Crippen molar-refractivity contribution in [3.8, 4) is 11.5 Å². The van der Waals surface area contributed by atoms with E-state index in [4.69, 9.17) is 19.9 Å². The van der Waals surface area contributed by atoms with Crippen molar-refractivity contribution in [2.45, 2.75) is 19.4 Å². The van der Waals surface area contributed by atoms with Crippen molar-refractivity contribution in [1.82, 2.24) is 9.55 Å². The predicted octanol–water partition coefficient (Wildman–Crippen LogP) is 2.48. The summed E-state index contributed by atoms with van der Waals surface area (Å²) < 4.78 is 17.9. The minimum atomic E-state index is -0.824. The summed E-state index contributed by atoms with van der Waals surface area (Å²) in [4.78, 5) is 30.6. The van der Waals surface area contributed by atoms with Gasteiger partial charge in [0.15, 0.2) is 0 Å². The number of nitrogens with zero attached hydrogens (tertiary/aromatic N) is 2. The molecule has 8 heteroatoms. The maximum absolute atomic E-state index is 13.8. The number of pyridine rings is 2. The molecule has 0 aliphatic carbocycles. The van der Waals surface area contributed by atoms with Gasteiger partial charge in [-0.2, -0.15) is 0 Å². The lowest BCUT2D eigenvalue weighted by atomic mass is 9.83. The molecule has 1 atom stereocenters. The molecule has 8 nitrogen and oxygen atoms in total. The smallest absolute Gasteiger partial charge is 0.340 e. The molecule has 0 bridgehead atoms. The lowest BCUT2D eigenvalue weighted by Gasteiger charge is -2.29. The lowest BCUT2D eigenvalue weighted by molar-refractivity contribution is -0.136. The number of carbonyl (C=O) groups is 1. The van der Waals surface area contributed by atoms with Gasteiger partial charge in [0.2, 0.25) is 5.88 Å². The van der Waals surface area contributed by atoms with Gasteiger partial charge in [0, 0.05) is 29.7 Å². The van der Waals surface area contributed by atoms with Crippen LogP contribution in [0.1, 0.15) is 28.3 Å². The second-order valence-corrected chi connectivity index (χ2v) is 7.36. The average molecular weight is 433 g/mol. The van der Waals surface area contributed by atoms with Crippen molar-refractivity contribution < 1.29 is 19.0 Å². The van der Waals surface area contributed by atoms with Crippen molar-refractivity contribution in [3.63, 3.8) is 0 Å². The van der Waals surface area contributed by atoms with E-state index in [2.05, 4.69) is 4.98 Å². The summed E-state index contributed by atoms with van der Waals surface area (Å²) in [7, 11) is 2.78. The highest BCUT2D eigenvalue weighted by Crippen LogP contribution is 2.44. The number of fused-ring (bicyclic) bond motifs is 1. The Morgan fingerprint density at radius 2 is 2.00 bits per heavy atom. The molecule has 3 aromatic rings. The molecule has 3 heterocycles. The van der Waals surface area contributed by atoms with Gasteiger partial charge >= 0.3 is 5.97 Å². The minimum absolute atomic E-state index is 0.0541. The first kappa shape index (κ1) is 21.2. The van der Waals surface area contributed by atoms with E-state index >= 15 is 0 Å². The number of hydrogen-bond acceptors (Lipinski definition) is 7. The van der Waals surface area contributed by atoms with Crippen molar-refractivity contribution in [2.75, 3.05) is 14.2 Å². The predicted molar refractivity (Wildman–Crippen MR) is 117 cm³/mol. The Kier molecular flexibility index (Phi) is 5.68. The summed E-state index contributed by atoms with van der Waals surface area (Å²) in [6, 6.07) is 12.6. The summed E-state index contributed by atoms with van der Waals surface area (Å²) >= 11 is 0. The standard InChI is InChI=1S/C24H23N3O5/c1-14-11-18-20(23(28)27(14)13-15-7-6-10-26-12-15)19(16-8-4-5-9-17(16)30-2)21(22(25)32-18)24(29)31-3/h4-12,19H,13,25H2,1-3H3/t19-/m1/s1. The van der Waals surface area contributed by atoms with Crippen LogP contribution in [0.5, 0.6) is 11.5 Å². The monoisotopic (exact) mass is 433 g/mol. The van der Waals surface area contributed by atoms with Crippen LogP contribution in [-0.4, -0.2) is 29.7 Å². The summed E-state index contributed by atoms with van der Waals surface area (Å²) in [5.74, 6) is -0.795. The zero-order valence-corrected chi connectivity index (χ0v) is 18.0. The fourth-order valence-electron chi connectivity index (χ4n) is 3.98. The summed E-state index contributed by atoms with van der Waals surface area (Å²) in [5.41, 5.74) is 8.36. The number of aromatic nitrogens is 2. The van der Waals surface area contributed by atoms with E-state index in [0.717, 1.165) is 5.56 Å². The molecular formula is C24H23N3O5. The maximum Gasteiger partial charge on any atom is 0.340 e. The van der Waals surface area contributed by atoms with E-state index in [1.165, 1.54) is 14.2 Å². The minimum Gasteiger partial charge on any atom is -0.496 e. The summed E-state index contributed by atoms with van der Waals surface area (Å²) in [6.45, 7) is 2.13. The van der Waals surface area contributed by atoms with Crippen LogP contribution in [0.3, 0.4) is 0 Å². The van der Waals surface area contributed by atoms with Gasteiger partial charge in [-0.15, -0.1) is 0 Å². The molecule has 0 fully saturated rings. The van der Waals surface area contributed by atoms with Gasteiger partial charge < -0.3 is 24.5 Å². The van der Waals surface area contributed by atoms with Gasteiger partial charge in [-0.05, 0) is 24.6 Å². The fourth-order valence-corrected chi connectivity index (χ4v) is 3.98. The largest absolute Gasteiger partial charge is 0.496 e. The highest BCUT2D eigenvalue weighted by atomic mass is 16.5. The topological polar surface area (TPSA) is 106 Å². The normalized spacial score (nSPS) is 15.0. The number of benzene rings is 1. The highest BCUT2D eigenvalue weighted by Gasteiger charge is 2.39. The zero-order chi connectivity index (χ0) is 22.8. The highest BCUT2D eigenvalue weighted by molar-refractivity contribution is 5.92. The van der Waals surface area contributed by atoms with Crippen molar-refractivity contribution in [3.05, 3.63) is 99.1 Å². The third kappa shape index (κ3) is 3.60. The molecular weight excluding hydrogens is 410 g/mol. The molecule has 1 aromatic carbocycles. The number of nitrogens with two attached hydrogens (primary N) is 1. The van der Waals surface area contributed by atoms with Crippen LogP contribution < -0.4 is 20.8 Å². The molecule has 1 aliphatic heterocycles. The lowest BCUT2D eigenvalue weighted by Crippen LogP contribution is -2.35. The second-order valence-electron chi connectivity index (χ2n) is 7.36. The fraction of sp³-hybridized carbons (Fsp3) is 0.208. The van der Waals surface area contributed by atoms with E-state index < -0.39 is 11.9 Å². The Morgan fingerprint density at radius 1 is 1.22 bits per heavy atom. The number of rotatable bonds is 5. The first-order valence-corrected chi connectivity index (χ1v) is 9.98. The quantitative estimate of drug-likeness (QED) is 0.616. The van der Waals surface area contributed by atoms with E-state index in [-0.39, 0.29) is 17.0 Å². The number of esters is 1. The van der Waals surface area contributed by atoms with Gasteiger partial charge in [-0.1, -0.05) is 24.3 Å². The third-order valence-electron chi connectivity index (χ3n) is 5.49. The first-order chi connectivity index (χ1) is 15.5. The average Bonchev–Trinajstić information content (AvgIpc) is 2.81. The van der Waals surface area contributed by atoms with Crippen molar-refractivity contribution in [2.24, 2.45) is 5.73 Å². The van der Waals surface area contributed by atoms with Gasteiger partial charge in [0.25, 0.3) is 5.56 Å². The van der Waals surface area contributed by atoms with Gasteiger partial charge in [0.1, 0.15) is 17.1 Å². The van der Waals surface area contributed by atoms with Gasteiger partial charge in [-0.3, -0.25) is 9.78 Å². The van der Waals surface area contributed by atoms with Crippen molar-refractivity contribution >= 4 is 5.97 Å². The molecule has 4 rings (SSSR count). The molecule has 0 spiro atoms. The molecule has 0 unspecified atom stereocenters. The number of aryl methyl sites for hydroxylation is 1. The van der Waals surface area contributed by atoms with E-state index in [1.807, 2.05) is 25.1 Å². The number of carbonyl (C=O) groups excluding carboxylic acids is 1. The molecule has 1 aliphatic rings. The number of ether oxygens (including phenoxy) is 3. The van der Waals surface area contributed by atoms with Crippen LogP contribution in [0.15, 0.2) is 71.1 Å². The van der Waals surface area contributed by atoms with Crippen LogP contribution in [0.4, 0.5) is 0 Å². The van der Waals surface area contributed by atoms with Crippen LogP contribution in [-0.2, 0) is 16.1 Å². The van der Waals surface area contributed by atoms with E-state index in [0.29, 0.717) is 34.9 Å². The van der Waals surface area contributed by atoms with E-state index in [9.17, 15) is 9.59 Å². The Labute approximate surface area is 184 Å². The Morgan fingerprint density at radius 3 is 2.69 bits per heavy atom. The van der Waals surface area contributed by atoms with Crippen LogP contribution in [0, 0.1) is 6.92 Å². The first-order valence-electron chi connectivity index (χ1n) is 9.98. The van der Waals surface area contributed by atoms with Gasteiger partial charge in [-0.25, -0.2) is 4.79 Å². The molecule has 0 saturated heterocycles. The second kappa shape index (κ2) is 8.58. The van der Waals surface area contributed by atoms with E-state index in [1.54, 1.807) is 41.2 Å². The number of para-hydroxylation sites is 1. The molecule has 32 heavy (non-hydrogen) atoms. The number of methoxy groups -OCH3 is 2. The van der Waals surface area contributed by atoms with Crippen LogP contribution >= 0.6 is 0 Å². The third-order valence-corrected chi connectivity index (χ3v) is 5.49. The molecule has 2 N–H and O–H groups in total. The van der Waals surface area contributed by atoms with Gasteiger partial charge in [0.05, 0.1) is 32.2 Å². The Bertz CT molecular complexity index is 1260. The number of hydrogen-bond donors (Lipinski definition) is 1. The maximum atomic E-state index is 13.8. The van der Waals surface area contributed by atoms with Crippen LogP contribution in [0.2, 0.25) is 0 Å². The molecule has 0 radical (unpaired) electrons. The van der Waals surface area contributed by atoms with Crippen molar-refractivity contribution in [1.29, 1.82) is 0 Å². The summed E-state index contributed by atoms with van der Waals surface area (Å²) in [6.07, 6.45) is 3.38. The molecule has 164 valence electrons. The molecule has 2 aromatic heterocycles. The molecule has 0 saturated carbocycles. The molecule has 0 amide bonds. The van der Waals surface area contributed by atoms with Crippen LogP contribution in [0.25, 0.3) is 0 Å².